The second-order valence-corrected chi connectivity index (χ2v) is 6.19. The lowest BCUT2D eigenvalue weighted by Crippen LogP contribution is -2.32. The van der Waals surface area contributed by atoms with Crippen molar-refractivity contribution in [2.45, 2.75) is 39.5 Å². The van der Waals surface area contributed by atoms with Crippen LogP contribution in [-0.2, 0) is 18.9 Å². The van der Waals surface area contributed by atoms with E-state index in [0.29, 0.717) is 71.9 Å². The van der Waals surface area contributed by atoms with E-state index in [1.807, 2.05) is 6.92 Å². The molecule has 0 aliphatic heterocycles. The maximum atomic E-state index is 9.57. The summed E-state index contributed by atoms with van der Waals surface area (Å²) in [5.41, 5.74) is 0.950. The molecule has 7 nitrogen and oxygen atoms in total. The van der Waals surface area contributed by atoms with Crippen molar-refractivity contribution in [3.05, 3.63) is 12.2 Å². The van der Waals surface area contributed by atoms with Crippen LogP contribution in [0.5, 0.6) is 0 Å². The fourth-order valence-corrected chi connectivity index (χ4v) is 1.88. The molecule has 150 valence electrons. The van der Waals surface area contributed by atoms with Gasteiger partial charge >= 0.3 is 0 Å². The molecular formula is C18H38N2O5. The van der Waals surface area contributed by atoms with Gasteiger partial charge in [-0.2, -0.15) is 0 Å². The summed E-state index contributed by atoms with van der Waals surface area (Å²) in [5.74, 6) is 0. The maximum Gasteiger partial charge on any atom is 0.108 e. The van der Waals surface area contributed by atoms with Crippen LogP contribution in [-0.4, -0.2) is 83.3 Å². The summed E-state index contributed by atoms with van der Waals surface area (Å²) < 4.78 is 21.6. The summed E-state index contributed by atoms with van der Waals surface area (Å²) in [6, 6.07) is 0.491. The van der Waals surface area contributed by atoms with Crippen LogP contribution in [0, 0.1) is 0 Å². The van der Waals surface area contributed by atoms with E-state index in [4.69, 9.17) is 18.9 Å². The zero-order valence-electron chi connectivity index (χ0n) is 16.2. The smallest absolute Gasteiger partial charge is 0.108 e. The fourth-order valence-electron chi connectivity index (χ4n) is 1.88. The first-order chi connectivity index (χ1) is 12.0. The number of nitrogens with one attached hydrogen (secondary N) is 2. The molecule has 0 spiro atoms. The Morgan fingerprint density at radius 2 is 1.20 bits per heavy atom. The van der Waals surface area contributed by atoms with Crippen LogP contribution in [0.3, 0.4) is 0 Å². The van der Waals surface area contributed by atoms with Gasteiger partial charge < -0.3 is 29.4 Å². The van der Waals surface area contributed by atoms with E-state index in [1.165, 1.54) is 0 Å². The second kappa shape index (κ2) is 18.3. The van der Waals surface area contributed by atoms with E-state index in [1.54, 1.807) is 0 Å². The van der Waals surface area contributed by atoms with Crippen molar-refractivity contribution >= 4 is 0 Å². The zero-order valence-corrected chi connectivity index (χ0v) is 16.2. The van der Waals surface area contributed by atoms with Crippen molar-refractivity contribution in [2.75, 3.05) is 65.9 Å². The molecule has 1 unspecified atom stereocenters. The molecule has 0 aliphatic carbocycles. The number of rotatable bonds is 19. The van der Waals surface area contributed by atoms with Crippen LogP contribution in [0.25, 0.3) is 0 Å². The first-order valence-electron chi connectivity index (χ1n) is 9.12. The van der Waals surface area contributed by atoms with Gasteiger partial charge in [0.05, 0.1) is 52.9 Å². The molecule has 3 N–H and O–H groups in total. The van der Waals surface area contributed by atoms with Gasteiger partial charge in [0.15, 0.2) is 0 Å². The molecule has 0 aromatic carbocycles. The van der Waals surface area contributed by atoms with E-state index in [2.05, 4.69) is 31.1 Å². The molecule has 0 aromatic rings. The maximum absolute atomic E-state index is 9.57. The van der Waals surface area contributed by atoms with E-state index < -0.39 is 6.23 Å². The third-order valence-electron chi connectivity index (χ3n) is 3.08. The second-order valence-electron chi connectivity index (χ2n) is 6.19. The van der Waals surface area contributed by atoms with E-state index >= 15 is 0 Å². The van der Waals surface area contributed by atoms with Crippen molar-refractivity contribution in [1.29, 1.82) is 0 Å². The monoisotopic (exact) mass is 362 g/mol. The molecule has 1 atom stereocenters. The lowest BCUT2D eigenvalue weighted by atomic mass is 10.2. The van der Waals surface area contributed by atoms with Gasteiger partial charge in [-0.15, -0.1) is 0 Å². The highest BCUT2D eigenvalue weighted by Gasteiger charge is 2.01. The third-order valence-corrected chi connectivity index (χ3v) is 3.08. The summed E-state index contributed by atoms with van der Waals surface area (Å²) in [6.07, 6.45) is 0.00754. The summed E-state index contributed by atoms with van der Waals surface area (Å²) in [5, 5.41) is 15.8. The highest BCUT2D eigenvalue weighted by atomic mass is 16.6. The number of ether oxygens (including phenoxy) is 4. The highest BCUT2D eigenvalue weighted by molar-refractivity contribution is 4.89. The zero-order chi connectivity index (χ0) is 18.8. The van der Waals surface area contributed by atoms with Crippen LogP contribution in [0.1, 0.15) is 27.2 Å². The summed E-state index contributed by atoms with van der Waals surface area (Å²) in [4.78, 5) is 0. The minimum Gasteiger partial charge on any atom is -0.378 e. The molecule has 0 radical (unpaired) electrons. The van der Waals surface area contributed by atoms with Crippen LogP contribution in [0.2, 0.25) is 0 Å². The average molecular weight is 363 g/mol. The predicted molar refractivity (Wildman–Crippen MR) is 99.9 cm³/mol. The Morgan fingerprint density at radius 3 is 1.60 bits per heavy atom. The molecular weight excluding hydrogens is 324 g/mol. The molecule has 0 heterocycles. The van der Waals surface area contributed by atoms with Crippen LogP contribution in [0.15, 0.2) is 12.2 Å². The molecule has 0 amide bonds. The highest BCUT2D eigenvalue weighted by Crippen LogP contribution is 1.97. The molecule has 0 rings (SSSR count). The molecule has 0 saturated carbocycles. The van der Waals surface area contributed by atoms with Crippen molar-refractivity contribution < 1.29 is 24.1 Å². The van der Waals surface area contributed by atoms with Crippen molar-refractivity contribution in [1.82, 2.24) is 10.6 Å². The molecule has 25 heavy (non-hydrogen) atoms. The molecule has 0 saturated heterocycles. The topological polar surface area (TPSA) is 81.2 Å². The minimum absolute atomic E-state index is 0.491. The van der Waals surface area contributed by atoms with Crippen molar-refractivity contribution in [2.24, 2.45) is 0 Å². The standard InChI is InChI=1S/C18H38N2O5/c1-16(2)15-18(21)20-6-8-23-10-12-25-14-13-24-11-9-22-7-5-19-17(3)4/h17-21H,1,5-15H2,2-4H3. The summed E-state index contributed by atoms with van der Waals surface area (Å²) in [6.45, 7) is 15.9. The number of hydrogen-bond donors (Lipinski definition) is 3. The lowest BCUT2D eigenvalue weighted by molar-refractivity contribution is -0.00218. The molecule has 0 bridgehead atoms. The average Bonchev–Trinajstić information content (AvgIpc) is 2.53. The van der Waals surface area contributed by atoms with Gasteiger partial charge in [-0.3, -0.25) is 5.32 Å². The minimum atomic E-state index is -0.551. The Labute approximate surface area is 153 Å². The van der Waals surface area contributed by atoms with Gasteiger partial charge in [0.2, 0.25) is 0 Å². The van der Waals surface area contributed by atoms with E-state index in [-0.39, 0.29) is 0 Å². The largest absolute Gasteiger partial charge is 0.378 e. The summed E-state index contributed by atoms with van der Waals surface area (Å²) in [7, 11) is 0. The quantitative estimate of drug-likeness (QED) is 0.179. The van der Waals surface area contributed by atoms with Crippen molar-refractivity contribution in [3.8, 4) is 0 Å². The Bertz CT molecular complexity index is 303. The van der Waals surface area contributed by atoms with Gasteiger partial charge in [-0.25, -0.2) is 0 Å². The number of hydrogen-bond acceptors (Lipinski definition) is 7. The summed E-state index contributed by atoms with van der Waals surface area (Å²) >= 11 is 0. The van der Waals surface area contributed by atoms with Crippen molar-refractivity contribution in [3.63, 3.8) is 0 Å². The Morgan fingerprint density at radius 1 is 0.800 bits per heavy atom. The first-order valence-corrected chi connectivity index (χ1v) is 9.12. The first kappa shape index (κ1) is 24.5. The molecule has 7 heteroatoms. The van der Waals surface area contributed by atoms with E-state index in [0.717, 1.165) is 12.1 Å². The molecule has 0 aliphatic rings. The normalized spacial score (nSPS) is 12.7. The van der Waals surface area contributed by atoms with Crippen LogP contribution in [0.4, 0.5) is 0 Å². The van der Waals surface area contributed by atoms with Gasteiger partial charge in [-0.05, 0) is 6.92 Å². The number of aliphatic hydroxyl groups is 1. The Kier molecular flexibility index (Phi) is 17.9. The third kappa shape index (κ3) is 21.4. The molecule has 0 fully saturated rings. The van der Waals surface area contributed by atoms with Crippen LogP contribution < -0.4 is 10.6 Å². The molecule has 0 aromatic heterocycles. The van der Waals surface area contributed by atoms with Gasteiger partial charge in [-0.1, -0.05) is 26.0 Å². The van der Waals surface area contributed by atoms with Gasteiger partial charge in [0.1, 0.15) is 6.23 Å². The Balaban J connectivity index is 3.08. The number of aliphatic hydroxyl groups excluding tert-OH is 1. The fraction of sp³-hybridized carbons (Fsp3) is 0.889. The lowest BCUT2D eigenvalue weighted by Gasteiger charge is -2.12. The Hall–Kier alpha value is -0.540. The van der Waals surface area contributed by atoms with Gasteiger partial charge in [0.25, 0.3) is 0 Å². The SMILES string of the molecule is C=C(C)CC(O)NCCOCCOCCOCCOCCNC(C)C. The van der Waals surface area contributed by atoms with Gasteiger partial charge in [0, 0.05) is 25.6 Å². The predicted octanol–water partition coefficient (Wildman–Crippen LogP) is 0.925. The van der Waals surface area contributed by atoms with E-state index in [9.17, 15) is 5.11 Å². The van der Waals surface area contributed by atoms with Crippen LogP contribution >= 0.6 is 0 Å².